The standard InChI is InChI=1S/C24H26N2O5/c1-3-30-23(28)24(10-5-11-24)21-20-16(17-14-15(29-2)7-8-18(17)25-20)9-12-26(21)22(27)19-6-4-13-31-19/h4,6-8,13-14,21,25H,3,5,9-12H2,1-2H3. The van der Waals surface area contributed by atoms with Gasteiger partial charge in [0.15, 0.2) is 5.76 Å². The average molecular weight is 422 g/mol. The number of amides is 1. The van der Waals surface area contributed by atoms with Crippen molar-refractivity contribution in [3.63, 3.8) is 0 Å². The highest BCUT2D eigenvalue weighted by molar-refractivity contribution is 5.94. The Kier molecular flexibility index (Phi) is 4.76. The summed E-state index contributed by atoms with van der Waals surface area (Å²) in [5.41, 5.74) is 2.28. The van der Waals surface area contributed by atoms with E-state index >= 15 is 0 Å². The maximum atomic E-state index is 13.4. The topological polar surface area (TPSA) is 84.8 Å². The number of fused-ring (bicyclic) bond motifs is 3. The minimum absolute atomic E-state index is 0.201. The van der Waals surface area contributed by atoms with Crippen molar-refractivity contribution < 1.29 is 23.5 Å². The molecule has 1 unspecified atom stereocenters. The summed E-state index contributed by atoms with van der Waals surface area (Å²) >= 11 is 0. The van der Waals surface area contributed by atoms with E-state index in [1.807, 2.05) is 25.1 Å². The van der Waals surface area contributed by atoms with Crippen LogP contribution in [0, 0.1) is 5.41 Å². The Morgan fingerprint density at radius 2 is 2.13 bits per heavy atom. The number of ether oxygens (including phenoxy) is 2. The second kappa shape index (κ2) is 7.48. The van der Waals surface area contributed by atoms with Gasteiger partial charge in [0.05, 0.1) is 31.4 Å². The smallest absolute Gasteiger partial charge is 0.314 e. The molecule has 1 N–H and O–H groups in total. The number of rotatable bonds is 5. The Hall–Kier alpha value is -3.22. The Bertz CT molecular complexity index is 1130. The molecular formula is C24H26N2O5. The van der Waals surface area contributed by atoms with Crippen LogP contribution in [0.1, 0.15) is 54.0 Å². The first-order valence-electron chi connectivity index (χ1n) is 10.8. The number of nitrogens with one attached hydrogen (secondary N) is 1. The molecule has 0 radical (unpaired) electrons. The van der Waals surface area contributed by atoms with Gasteiger partial charge in [-0.15, -0.1) is 0 Å². The number of carbonyl (C=O) groups is 2. The van der Waals surface area contributed by atoms with E-state index in [1.165, 1.54) is 6.26 Å². The van der Waals surface area contributed by atoms with Crippen LogP contribution in [-0.2, 0) is 16.0 Å². The number of hydrogen-bond acceptors (Lipinski definition) is 5. The maximum absolute atomic E-state index is 13.4. The normalized spacial score (nSPS) is 19.5. The number of methoxy groups -OCH3 is 1. The number of aromatic nitrogens is 1. The van der Waals surface area contributed by atoms with Gasteiger partial charge in [-0.25, -0.2) is 0 Å². The number of nitrogens with zero attached hydrogens (tertiary/aromatic N) is 1. The first-order chi connectivity index (χ1) is 15.1. The number of H-pyrrole nitrogens is 1. The Labute approximate surface area is 180 Å². The summed E-state index contributed by atoms with van der Waals surface area (Å²) in [7, 11) is 1.65. The van der Waals surface area contributed by atoms with Gasteiger partial charge in [0.2, 0.25) is 0 Å². The van der Waals surface area contributed by atoms with Gasteiger partial charge >= 0.3 is 5.97 Å². The van der Waals surface area contributed by atoms with Crippen LogP contribution in [0.15, 0.2) is 41.0 Å². The largest absolute Gasteiger partial charge is 0.497 e. The predicted octanol–water partition coefficient (Wildman–Crippen LogP) is 4.24. The summed E-state index contributed by atoms with van der Waals surface area (Å²) in [6.07, 6.45) is 4.50. The molecule has 1 aromatic carbocycles. The maximum Gasteiger partial charge on any atom is 0.314 e. The van der Waals surface area contributed by atoms with Gasteiger partial charge in [0.25, 0.3) is 5.91 Å². The summed E-state index contributed by atoms with van der Waals surface area (Å²) in [5, 5.41) is 1.07. The van der Waals surface area contributed by atoms with E-state index < -0.39 is 11.5 Å². The van der Waals surface area contributed by atoms with Crippen molar-refractivity contribution in [2.45, 2.75) is 38.6 Å². The highest BCUT2D eigenvalue weighted by Gasteiger charge is 2.57. The van der Waals surface area contributed by atoms with Crippen LogP contribution in [0.25, 0.3) is 10.9 Å². The van der Waals surface area contributed by atoms with Gasteiger partial charge in [-0.1, -0.05) is 6.42 Å². The molecule has 1 amide bonds. The third-order valence-corrected chi connectivity index (χ3v) is 6.78. The van der Waals surface area contributed by atoms with Crippen LogP contribution in [-0.4, -0.2) is 42.0 Å². The fourth-order valence-electron chi connectivity index (χ4n) is 5.15. The van der Waals surface area contributed by atoms with Crippen LogP contribution in [0.2, 0.25) is 0 Å². The Morgan fingerprint density at radius 1 is 1.29 bits per heavy atom. The van der Waals surface area contributed by atoms with Crippen molar-refractivity contribution in [1.29, 1.82) is 0 Å². The zero-order chi connectivity index (χ0) is 21.6. The summed E-state index contributed by atoms with van der Waals surface area (Å²) < 4.78 is 16.3. The summed E-state index contributed by atoms with van der Waals surface area (Å²) in [6, 6.07) is 8.86. The van der Waals surface area contributed by atoms with Gasteiger partial charge in [-0.2, -0.15) is 0 Å². The average Bonchev–Trinajstić information content (AvgIpc) is 3.40. The van der Waals surface area contributed by atoms with E-state index in [1.54, 1.807) is 24.1 Å². The zero-order valence-corrected chi connectivity index (χ0v) is 17.8. The lowest BCUT2D eigenvalue weighted by Crippen LogP contribution is -2.54. The lowest BCUT2D eigenvalue weighted by atomic mass is 9.61. The molecule has 2 aliphatic rings. The molecule has 5 rings (SSSR count). The number of esters is 1. The molecule has 0 bridgehead atoms. The molecular weight excluding hydrogens is 396 g/mol. The van der Waals surface area contributed by atoms with E-state index in [2.05, 4.69) is 4.98 Å². The number of benzene rings is 1. The highest BCUT2D eigenvalue weighted by Crippen LogP contribution is 2.56. The lowest BCUT2D eigenvalue weighted by Gasteiger charge is -2.50. The first-order valence-corrected chi connectivity index (χ1v) is 10.8. The molecule has 1 aliphatic carbocycles. The van der Waals surface area contributed by atoms with Crippen molar-refractivity contribution in [2.75, 3.05) is 20.3 Å². The summed E-state index contributed by atoms with van der Waals surface area (Å²) in [4.78, 5) is 31.9. The van der Waals surface area contributed by atoms with Crippen molar-refractivity contribution in [3.05, 3.63) is 53.6 Å². The highest BCUT2D eigenvalue weighted by atomic mass is 16.5. The quantitative estimate of drug-likeness (QED) is 0.622. The van der Waals surface area contributed by atoms with E-state index in [4.69, 9.17) is 13.9 Å². The van der Waals surface area contributed by atoms with Crippen LogP contribution in [0.3, 0.4) is 0 Å². The zero-order valence-electron chi connectivity index (χ0n) is 17.8. The van der Waals surface area contributed by atoms with Gasteiger partial charge in [-0.05, 0) is 62.1 Å². The van der Waals surface area contributed by atoms with Gasteiger partial charge in [-0.3, -0.25) is 9.59 Å². The molecule has 7 nitrogen and oxygen atoms in total. The molecule has 162 valence electrons. The molecule has 3 aromatic rings. The number of hydrogen-bond donors (Lipinski definition) is 1. The second-order valence-corrected chi connectivity index (χ2v) is 8.29. The number of carbonyl (C=O) groups excluding carboxylic acids is 2. The van der Waals surface area contributed by atoms with Crippen LogP contribution >= 0.6 is 0 Å². The van der Waals surface area contributed by atoms with Crippen LogP contribution in [0.5, 0.6) is 5.75 Å². The third kappa shape index (κ3) is 2.94. The molecule has 7 heteroatoms. The Balaban J connectivity index is 1.67. The van der Waals surface area contributed by atoms with E-state index in [0.717, 1.165) is 34.3 Å². The fraction of sp³-hybridized carbons (Fsp3) is 0.417. The van der Waals surface area contributed by atoms with Gasteiger partial charge in [0.1, 0.15) is 5.75 Å². The molecule has 0 spiro atoms. The van der Waals surface area contributed by atoms with Crippen molar-refractivity contribution in [2.24, 2.45) is 5.41 Å². The first kappa shape index (κ1) is 19.7. The number of aromatic amines is 1. The molecule has 1 fully saturated rings. The molecule has 1 atom stereocenters. The predicted molar refractivity (Wildman–Crippen MR) is 114 cm³/mol. The summed E-state index contributed by atoms with van der Waals surface area (Å²) in [6.45, 7) is 2.64. The molecule has 0 saturated heterocycles. The van der Waals surface area contributed by atoms with Crippen molar-refractivity contribution in [3.8, 4) is 5.75 Å². The van der Waals surface area contributed by atoms with Gasteiger partial charge in [0, 0.05) is 23.1 Å². The third-order valence-electron chi connectivity index (χ3n) is 6.78. The monoisotopic (exact) mass is 422 g/mol. The minimum Gasteiger partial charge on any atom is -0.497 e. The van der Waals surface area contributed by atoms with E-state index in [-0.39, 0.29) is 17.6 Å². The lowest BCUT2D eigenvalue weighted by molar-refractivity contribution is -0.168. The van der Waals surface area contributed by atoms with Gasteiger partial charge < -0.3 is 23.8 Å². The number of furan rings is 1. The second-order valence-electron chi connectivity index (χ2n) is 8.29. The molecule has 2 aromatic heterocycles. The van der Waals surface area contributed by atoms with Crippen molar-refractivity contribution in [1.82, 2.24) is 9.88 Å². The van der Waals surface area contributed by atoms with Crippen molar-refractivity contribution >= 4 is 22.8 Å². The van der Waals surface area contributed by atoms with E-state index in [0.29, 0.717) is 32.4 Å². The van der Waals surface area contributed by atoms with E-state index in [9.17, 15) is 9.59 Å². The fourth-order valence-corrected chi connectivity index (χ4v) is 5.15. The summed E-state index contributed by atoms with van der Waals surface area (Å²) in [5.74, 6) is 0.633. The molecule has 3 heterocycles. The van der Waals surface area contributed by atoms with Crippen LogP contribution < -0.4 is 4.74 Å². The van der Waals surface area contributed by atoms with Crippen LogP contribution in [0.4, 0.5) is 0 Å². The SMILES string of the molecule is CCOC(=O)C1(C2c3[nH]c4ccc(OC)cc4c3CCN2C(=O)c2ccco2)CCC1. The Morgan fingerprint density at radius 3 is 2.77 bits per heavy atom. The minimum atomic E-state index is -0.752. The molecule has 1 aliphatic heterocycles. The molecule has 31 heavy (non-hydrogen) atoms. The molecule has 1 saturated carbocycles.